The second kappa shape index (κ2) is 13.6. The number of ether oxygens (including phenoxy) is 1. The Kier molecular flexibility index (Phi) is 10.2. The fourth-order valence-corrected chi connectivity index (χ4v) is 3.96. The van der Waals surface area contributed by atoms with Gasteiger partial charge in [-0.3, -0.25) is 14.6 Å². The molecule has 12 heteroatoms. The number of thiazole rings is 1. The number of amides is 3. The zero-order valence-corrected chi connectivity index (χ0v) is 22.2. The number of aliphatic hydroxyl groups excluding tert-OH is 1. The van der Waals surface area contributed by atoms with Crippen LogP contribution < -0.4 is 15.4 Å². The van der Waals surface area contributed by atoms with Crippen molar-refractivity contribution < 1.29 is 19.4 Å². The number of aryl methyl sites for hydroxylation is 1. The van der Waals surface area contributed by atoms with Gasteiger partial charge in [-0.05, 0) is 49.8 Å². The number of carbonyl (C=O) groups excluding carboxylic acids is 2. The number of aliphatic hydroxyl groups is 1. The highest BCUT2D eigenvalue weighted by molar-refractivity contribution is 7.13. The molecule has 0 bridgehead atoms. The minimum absolute atomic E-state index is 0.0172. The van der Waals surface area contributed by atoms with E-state index in [0.29, 0.717) is 27.6 Å². The predicted molar refractivity (Wildman–Crippen MR) is 144 cm³/mol. The van der Waals surface area contributed by atoms with Gasteiger partial charge in [-0.1, -0.05) is 41.6 Å². The van der Waals surface area contributed by atoms with Crippen LogP contribution in [0.5, 0.6) is 5.19 Å². The first-order chi connectivity index (χ1) is 17.8. The summed E-state index contributed by atoms with van der Waals surface area (Å²) in [5, 5.41) is 15.7. The van der Waals surface area contributed by atoms with Gasteiger partial charge in [-0.25, -0.2) is 14.8 Å². The Morgan fingerprint density at radius 3 is 2.73 bits per heavy atom. The Balaban J connectivity index is 1.79. The van der Waals surface area contributed by atoms with E-state index in [1.165, 1.54) is 21.1 Å². The van der Waals surface area contributed by atoms with E-state index in [4.69, 9.17) is 21.4 Å². The highest BCUT2D eigenvalue weighted by atomic mass is 35.5. The van der Waals surface area contributed by atoms with Gasteiger partial charge in [-0.15, -0.1) is 0 Å². The summed E-state index contributed by atoms with van der Waals surface area (Å²) < 4.78 is 5.72. The van der Waals surface area contributed by atoms with E-state index >= 15 is 0 Å². The van der Waals surface area contributed by atoms with Crippen LogP contribution in [-0.4, -0.2) is 64.2 Å². The molecule has 1 aliphatic heterocycles. The summed E-state index contributed by atoms with van der Waals surface area (Å²) in [7, 11) is 0. The minimum Gasteiger partial charge on any atom is -0.436 e. The molecule has 3 amide bonds. The van der Waals surface area contributed by atoms with E-state index in [-0.39, 0.29) is 38.8 Å². The lowest BCUT2D eigenvalue weighted by molar-refractivity contribution is -0.121. The van der Waals surface area contributed by atoms with Crippen LogP contribution in [0, 0.1) is 6.92 Å². The Hall–Kier alpha value is -3.67. The first-order valence-electron chi connectivity index (χ1n) is 11.4. The smallest absolute Gasteiger partial charge is 0.329 e. The van der Waals surface area contributed by atoms with Crippen LogP contribution in [0.3, 0.4) is 0 Å². The largest absolute Gasteiger partial charge is 0.436 e. The van der Waals surface area contributed by atoms with E-state index in [2.05, 4.69) is 27.2 Å². The minimum atomic E-state index is -0.399. The lowest BCUT2D eigenvalue weighted by Gasteiger charge is -2.34. The Morgan fingerprint density at radius 2 is 2.08 bits per heavy atom. The first-order valence-corrected chi connectivity index (χ1v) is 12.6. The summed E-state index contributed by atoms with van der Waals surface area (Å²) >= 11 is 7.46. The molecule has 0 aliphatic carbocycles. The van der Waals surface area contributed by atoms with Crippen LogP contribution in [0.4, 0.5) is 4.79 Å². The van der Waals surface area contributed by atoms with E-state index in [9.17, 15) is 9.59 Å². The molecule has 1 aliphatic rings. The number of rotatable bonds is 11. The standard InChI is InChI=1S/C25H29ClN6O4S/c1-4-21(10-5-17(2)36-24-28-13-18(3)37-24)30-23-29-16-31(15-22(34)27-11-12-33)25(35)32(23)14-19-6-8-20(26)9-7-19/h4-10,13,33H,1,11-12,14-16H2,2-3H3,(H,27,34)(H,29,30)/b17-5+,21-10+. The van der Waals surface area contributed by atoms with Crippen LogP contribution in [-0.2, 0) is 11.3 Å². The van der Waals surface area contributed by atoms with Gasteiger partial charge in [0.1, 0.15) is 19.0 Å². The van der Waals surface area contributed by atoms with E-state index in [1.54, 1.807) is 36.6 Å². The van der Waals surface area contributed by atoms with Crippen molar-refractivity contribution in [1.82, 2.24) is 25.4 Å². The van der Waals surface area contributed by atoms with Crippen molar-refractivity contribution in [2.75, 3.05) is 26.4 Å². The molecule has 1 aromatic heterocycles. The number of hydrogen-bond donors (Lipinski definition) is 3. The van der Waals surface area contributed by atoms with Crippen LogP contribution in [0.15, 0.2) is 71.7 Å². The zero-order valence-electron chi connectivity index (χ0n) is 20.6. The fraction of sp³-hybridized carbons (Fsp3) is 0.280. The number of benzene rings is 1. The summed E-state index contributed by atoms with van der Waals surface area (Å²) in [5.41, 5.74) is 1.41. The number of aliphatic imine (C=N–C) groups is 1. The third-order valence-corrected chi connectivity index (χ3v) is 6.04. The Morgan fingerprint density at radius 1 is 1.32 bits per heavy atom. The van der Waals surface area contributed by atoms with Gasteiger partial charge in [-0.2, -0.15) is 0 Å². The molecular weight excluding hydrogens is 516 g/mol. The molecule has 0 fully saturated rings. The van der Waals surface area contributed by atoms with Gasteiger partial charge in [0.15, 0.2) is 0 Å². The number of hydrogen-bond acceptors (Lipinski definition) is 8. The molecule has 3 N–H and O–H groups in total. The molecule has 3 rings (SSSR count). The van der Waals surface area contributed by atoms with E-state index < -0.39 is 6.03 Å². The average molecular weight is 545 g/mol. The van der Waals surface area contributed by atoms with Gasteiger partial charge >= 0.3 is 6.03 Å². The molecule has 0 radical (unpaired) electrons. The van der Waals surface area contributed by atoms with Gasteiger partial charge in [0, 0.05) is 28.3 Å². The number of nitrogens with one attached hydrogen (secondary N) is 2. The lowest BCUT2D eigenvalue weighted by atomic mass is 10.2. The SMILES string of the molecule is C=C/C(=C\C=C(/C)Oc1ncc(C)s1)NC1=NCN(CC(=O)NCCO)C(=O)N1Cc1ccc(Cl)cc1. The average Bonchev–Trinajstić information content (AvgIpc) is 3.29. The van der Waals surface area contributed by atoms with Crippen molar-refractivity contribution in [2.24, 2.45) is 4.99 Å². The van der Waals surface area contributed by atoms with Crippen molar-refractivity contribution in [3.05, 3.63) is 82.2 Å². The second-order valence-corrected chi connectivity index (χ2v) is 9.59. The van der Waals surface area contributed by atoms with Gasteiger partial charge < -0.3 is 20.5 Å². The normalized spacial score (nSPS) is 14.4. The topological polar surface area (TPSA) is 119 Å². The van der Waals surface area contributed by atoms with Crippen molar-refractivity contribution in [1.29, 1.82) is 0 Å². The molecule has 196 valence electrons. The van der Waals surface area contributed by atoms with Gasteiger partial charge in [0.05, 0.1) is 13.2 Å². The van der Waals surface area contributed by atoms with Crippen molar-refractivity contribution in [3.63, 3.8) is 0 Å². The van der Waals surface area contributed by atoms with Crippen LogP contribution >= 0.6 is 22.9 Å². The van der Waals surface area contributed by atoms with Crippen LogP contribution in [0.25, 0.3) is 0 Å². The van der Waals surface area contributed by atoms with Crippen molar-refractivity contribution in [3.8, 4) is 5.19 Å². The number of urea groups is 1. The van der Waals surface area contributed by atoms with Crippen LogP contribution in [0.2, 0.25) is 5.02 Å². The maximum absolute atomic E-state index is 13.4. The fourth-order valence-electron chi connectivity index (χ4n) is 3.17. The molecule has 0 atom stereocenters. The monoisotopic (exact) mass is 544 g/mol. The number of halogens is 1. The molecule has 1 aromatic carbocycles. The maximum Gasteiger partial charge on any atom is 0.329 e. The van der Waals surface area contributed by atoms with Gasteiger partial charge in [0.2, 0.25) is 11.9 Å². The van der Waals surface area contributed by atoms with E-state index in [0.717, 1.165) is 10.4 Å². The highest BCUT2D eigenvalue weighted by Crippen LogP contribution is 2.21. The molecule has 10 nitrogen and oxygen atoms in total. The lowest BCUT2D eigenvalue weighted by Crippen LogP contribution is -2.56. The quantitative estimate of drug-likeness (QED) is 0.295. The molecular formula is C25H29ClN6O4S. The molecule has 37 heavy (non-hydrogen) atoms. The summed E-state index contributed by atoms with van der Waals surface area (Å²) in [4.78, 5) is 38.0. The summed E-state index contributed by atoms with van der Waals surface area (Å²) in [6, 6.07) is 6.71. The summed E-state index contributed by atoms with van der Waals surface area (Å²) in [5.74, 6) is 0.541. The number of allylic oxidation sites excluding steroid dienone is 4. The Bertz CT molecular complexity index is 1210. The number of carbonyl (C=O) groups is 2. The van der Waals surface area contributed by atoms with Crippen molar-refractivity contribution in [2.45, 2.75) is 20.4 Å². The molecule has 0 saturated heterocycles. The number of guanidine groups is 1. The molecule has 0 spiro atoms. The number of nitrogens with zero attached hydrogens (tertiary/aromatic N) is 4. The van der Waals surface area contributed by atoms with E-state index in [1.807, 2.05) is 26.0 Å². The third-order valence-electron chi connectivity index (χ3n) is 4.99. The second-order valence-electron chi connectivity index (χ2n) is 7.96. The van der Waals surface area contributed by atoms with Crippen LogP contribution in [0.1, 0.15) is 17.4 Å². The number of aromatic nitrogens is 1. The maximum atomic E-state index is 13.4. The molecule has 0 saturated carbocycles. The summed E-state index contributed by atoms with van der Waals surface area (Å²) in [6.45, 7) is 7.52. The molecule has 0 unspecified atom stereocenters. The van der Waals surface area contributed by atoms with Crippen molar-refractivity contribution >= 4 is 40.8 Å². The zero-order chi connectivity index (χ0) is 26.8. The van der Waals surface area contributed by atoms with Gasteiger partial charge in [0.25, 0.3) is 5.19 Å². The third kappa shape index (κ3) is 8.45. The Labute approximate surface area is 224 Å². The first kappa shape index (κ1) is 27.9. The molecule has 2 heterocycles. The summed E-state index contributed by atoms with van der Waals surface area (Å²) in [6.07, 6.45) is 6.85. The molecule has 2 aromatic rings. The highest BCUT2D eigenvalue weighted by Gasteiger charge is 2.31. The predicted octanol–water partition coefficient (Wildman–Crippen LogP) is 3.41.